The molecule has 3 heterocycles. The summed E-state index contributed by atoms with van der Waals surface area (Å²) < 4.78 is 63.7. The molecule has 1 aliphatic heterocycles. The van der Waals surface area contributed by atoms with Crippen molar-refractivity contribution in [3.05, 3.63) is 155 Å². The molecule has 1 N–H and O–H groups in total. The number of pyridine rings is 2. The monoisotopic (exact) mass is 698 g/mol. The summed E-state index contributed by atoms with van der Waals surface area (Å²) in [5.74, 6) is -1.91. The first-order valence-electron chi connectivity index (χ1n) is 15.9. The van der Waals surface area contributed by atoms with Crippen LogP contribution in [0.25, 0.3) is 0 Å². The maximum absolute atomic E-state index is 14.8. The molecule has 0 bridgehead atoms. The smallest absolute Gasteiger partial charge is 0.322 e. The van der Waals surface area contributed by atoms with Crippen LogP contribution in [0.5, 0.6) is 0 Å². The summed E-state index contributed by atoms with van der Waals surface area (Å²) in [5.41, 5.74) is -2.09. The van der Waals surface area contributed by atoms with Gasteiger partial charge in [-0.2, -0.15) is 13.2 Å². The molecule has 0 radical (unpaired) electrons. The summed E-state index contributed by atoms with van der Waals surface area (Å²) in [5, 5.41) is 2.97. The molecule has 2 atom stereocenters. The van der Waals surface area contributed by atoms with Gasteiger partial charge in [-0.05, 0) is 70.8 Å². The van der Waals surface area contributed by atoms with Gasteiger partial charge in [-0.15, -0.1) is 0 Å². The van der Waals surface area contributed by atoms with Crippen LogP contribution in [0.2, 0.25) is 0 Å². The quantitative estimate of drug-likeness (QED) is 0.153. The standard InChI is InChI=1S/C38H33F3N4O4S/c1-25(29-17-19-42-31(23-29)21-27-9-5-3-6-10-27)37(26(2)30-18-20-43-32(24-30)22-28-11-7-4-8-12-28)35(46)45(36(47)44-37)33-13-15-34(16-14-33)50(48,49)38(39,40)41/h3-20,23-26H,21-22H2,1-2H3,(H,44,47). The maximum atomic E-state index is 14.8. The van der Waals surface area contributed by atoms with Crippen molar-refractivity contribution in [1.82, 2.24) is 15.3 Å². The minimum Gasteiger partial charge on any atom is -0.322 e. The number of rotatable bonds is 10. The molecule has 3 aromatic carbocycles. The highest BCUT2D eigenvalue weighted by atomic mass is 32.2. The lowest BCUT2D eigenvalue weighted by Crippen LogP contribution is -2.55. The second-order valence-corrected chi connectivity index (χ2v) is 14.3. The Labute approximate surface area is 287 Å². The fraction of sp³-hybridized carbons (Fsp3) is 0.211. The van der Waals surface area contributed by atoms with Crippen molar-refractivity contribution in [1.29, 1.82) is 0 Å². The fourth-order valence-electron chi connectivity index (χ4n) is 6.53. The molecule has 8 nitrogen and oxygen atoms in total. The number of halogens is 3. The first-order chi connectivity index (χ1) is 23.8. The molecule has 1 fully saturated rings. The average Bonchev–Trinajstić information content (AvgIpc) is 3.38. The Morgan fingerprint density at radius 2 is 1.18 bits per heavy atom. The fourth-order valence-corrected chi connectivity index (χ4v) is 7.29. The van der Waals surface area contributed by atoms with Gasteiger partial charge in [-0.1, -0.05) is 74.5 Å². The largest absolute Gasteiger partial charge is 0.501 e. The second-order valence-electron chi connectivity index (χ2n) is 12.3. The number of nitrogens with zero attached hydrogens (tertiary/aromatic N) is 3. The summed E-state index contributed by atoms with van der Waals surface area (Å²) in [6.45, 7) is 3.68. The number of benzene rings is 3. The third-order valence-corrected chi connectivity index (χ3v) is 10.8. The highest BCUT2D eigenvalue weighted by molar-refractivity contribution is 7.92. The van der Waals surface area contributed by atoms with E-state index in [1.165, 1.54) is 0 Å². The van der Waals surface area contributed by atoms with Crippen molar-refractivity contribution in [2.75, 3.05) is 4.90 Å². The van der Waals surface area contributed by atoms with E-state index < -0.39 is 49.6 Å². The Kier molecular flexibility index (Phi) is 9.32. The third-order valence-electron chi connectivity index (χ3n) is 9.29. The van der Waals surface area contributed by atoms with Crippen LogP contribution < -0.4 is 10.2 Å². The van der Waals surface area contributed by atoms with Crippen LogP contribution in [-0.2, 0) is 27.5 Å². The molecule has 0 spiro atoms. The number of hydrogen-bond donors (Lipinski definition) is 1. The molecule has 1 aliphatic rings. The van der Waals surface area contributed by atoms with Gasteiger partial charge < -0.3 is 5.32 Å². The topological polar surface area (TPSA) is 109 Å². The Morgan fingerprint density at radius 3 is 1.62 bits per heavy atom. The number of urea groups is 1. The molecular weight excluding hydrogens is 666 g/mol. The van der Waals surface area contributed by atoms with Crippen LogP contribution in [0.4, 0.5) is 23.7 Å². The molecule has 5 aromatic rings. The highest BCUT2D eigenvalue weighted by Crippen LogP contribution is 2.45. The Bertz CT molecular complexity index is 2040. The van der Waals surface area contributed by atoms with Gasteiger partial charge in [0.25, 0.3) is 15.7 Å². The van der Waals surface area contributed by atoms with Crippen molar-refractivity contribution in [2.45, 2.75) is 54.5 Å². The number of alkyl halides is 3. The molecule has 50 heavy (non-hydrogen) atoms. The number of anilines is 1. The molecule has 3 amide bonds. The molecular formula is C38H33F3N4O4S. The van der Waals surface area contributed by atoms with Gasteiger partial charge >= 0.3 is 11.5 Å². The van der Waals surface area contributed by atoms with Crippen LogP contribution in [0, 0.1) is 0 Å². The first-order valence-corrected chi connectivity index (χ1v) is 17.3. The SMILES string of the molecule is CC(c1ccnc(Cc2ccccc2)c1)C1(C(C)c2ccnc(Cc3ccccc3)c2)NC(=O)N(c2ccc(S(=O)(=O)C(F)(F)F)cc2)C1=O. The first kappa shape index (κ1) is 34.5. The summed E-state index contributed by atoms with van der Waals surface area (Å²) in [6.07, 6.45) is 4.39. The van der Waals surface area contributed by atoms with Crippen LogP contribution in [-0.4, -0.2) is 41.4 Å². The molecule has 2 aromatic heterocycles. The van der Waals surface area contributed by atoms with E-state index >= 15 is 0 Å². The van der Waals surface area contributed by atoms with Gasteiger partial charge in [0.15, 0.2) is 0 Å². The number of aromatic nitrogens is 2. The lowest BCUT2D eigenvalue weighted by molar-refractivity contribution is -0.123. The van der Waals surface area contributed by atoms with Gasteiger partial charge in [-0.25, -0.2) is 18.1 Å². The van der Waals surface area contributed by atoms with Crippen LogP contribution in [0.1, 0.15) is 59.3 Å². The van der Waals surface area contributed by atoms with Crippen LogP contribution in [0.15, 0.2) is 126 Å². The molecule has 256 valence electrons. The normalized spacial score (nSPS) is 17.7. The molecule has 0 saturated carbocycles. The third kappa shape index (κ3) is 6.50. The zero-order chi connectivity index (χ0) is 35.7. The van der Waals surface area contributed by atoms with E-state index in [0.29, 0.717) is 12.8 Å². The molecule has 1 saturated heterocycles. The second kappa shape index (κ2) is 13.5. The van der Waals surface area contributed by atoms with E-state index in [1.54, 1.807) is 24.5 Å². The zero-order valence-electron chi connectivity index (χ0n) is 27.1. The van der Waals surface area contributed by atoms with Crippen LogP contribution in [0.3, 0.4) is 0 Å². The molecule has 12 heteroatoms. The minimum atomic E-state index is -5.63. The van der Waals surface area contributed by atoms with Crippen molar-refractivity contribution in [3.63, 3.8) is 0 Å². The van der Waals surface area contributed by atoms with E-state index in [1.807, 2.05) is 86.6 Å². The number of carbonyl (C=O) groups excluding carboxylic acids is 2. The molecule has 2 unspecified atom stereocenters. The summed E-state index contributed by atoms with van der Waals surface area (Å²) in [6, 6.07) is 29.7. The lowest BCUT2D eigenvalue weighted by Gasteiger charge is -2.39. The zero-order valence-corrected chi connectivity index (χ0v) is 27.9. The Morgan fingerprint density at radius 1 is 0.720 bits per heavy atom. The summed E-state index contributed by atoms with van der Waals surface area (Å²) in [4.78, 5) is 37.5. The number of carbonyl (C=O) groups is 2. The predicted octanol–water partition coefficient (Wildman–Crippen LogP) is 7.35. The van der Waals surface area contributed by atoms with Crippen molar-refractivity contribution in [2.24, 2.45) is 0 Å². The summed E-state index contributed by atoms with van der Waals surface area (Å²) in [7, 11) is -5.63. The number of amides is 3. The lowest BCUT2D eigenvalue weighted by atomic mass is 9.69. The summed E-state index contributed by atoms with van der Waals surface area (Å²) >= 11 is 0. The van der Waals surface area contributed by atoms with Crippen molar-refractivity contribution >= 4 is 27.5 Å². The van der Waals surface area contributed by atoms with E-state index in [2.05, 4.69) is 15.3 Å². The molecule has 6 rings (SSSR count). The predicted molar refractivity (Wildman–Crippen MR) is 182 cm³/mol. The number of hydrogen-bond acceptors (Lipinski definition) is 6. The van der Waals surface area contributed by atoms with E-state index in [4.69, 9.17) is 0 Å². The molecule has 0 aliphatic carbocycles. The van der Waals surface area contributed by atoms with Gasteiger partial charge in [-0.3, -0.25) is 14.8 Å². The van der Waals surface area contributed by atoms with E-state index in [9.17, 15) is 31.2 Å². The van der Waals surface area contributed by atoms with Gasteiger partial charge in [0.1, 0.15) is 5.54 Å². The number of sulfone groups is 1. The van der Waals surface area contributed by atoms with Gasteiger partial charge in [0.2, 0.25) is 0 Å². The Hall–Kier alpha value is -5.36. The van der Waals surface area contributed by atoms with Crippen molar-refractivity contribution in [3.8, 4) is 0 Å². The minimum absolute atomic E-state index is 0.0751. The van der Waals surface area contributed by atoms with Gasteiger partial charge in [0, 0.05) is 48.5 Å². The van der Waals surface area contributed by atoms with E-state index in [-0.39, 0.29) is 5.69 Å². The van der Waals surface area contributed by atoms with E-state index in [0.717, 1.165) is 62.8 Å². The average molecular weight is 699 g/mol. The maximum Gasteiger partial charge on any atom is 0.501 e. The van der Waals surface area contributed by atoms with Gasteiger partial charge in [0.05, 0.1) is 10.6 Å². The number of nitrogens with one attached hydrogen (secondary N) is 1. The number of imide groups is 1. The highest BCUT2D eigenvalue weighted by Gasteiger charge is 2.59. The van der Waals surface area contributed by atoms with Crippen molar-refractivity contribution < 1.29 is 31.2 Å². The Balaban J connectivity index is 1.41. The van der Waals surface area contributed by atoms with Crippen LogP contribution >= 0.6 is 0 Å².